The maximum absolute atomic E-state index is 4.51. The third kappa shape index (κ3) is 2.07. The minimum absolute atomic E-state index is 0.842. The van der Waals surface area contributed by atoms with E-state index in [1.165, 1.54) is 0 Å². The highest BCUT2D eigenvalue weighted by Crippen LogP contribution is 2.16. The minimum atomic E-state index is 0.842. The monoisotopic (exact) mass is 218 g/mol. The number of nitrogens with zero attached hydrogens (tertiary/aromatic N) is 4. The third-order valence-electron chi connectivity index (χ3n) is 2.71. The van der Waals surface area contributed by atoms with Gasteiger partial charge >= 0.3 is 0 Å². The number of likely N-dealkylation sites (N-methyl/N-ethyl adjacent to an activating group) is 1. The van der Waals surface area contributed by atoms with Gasteiger partial charge in [-0.1, -0.05) is 0 Å². The summed E-state index contributed by atoms with van der Waals surface area (Å²) in [7, 11) is 4.16. The van der Waals surface area contributed by atoms with Crippen molar-refractivity contribution in [2.45, 2.75) is 20.4 Å². The smallest absolute Gasteiger partial charge is 0.143 e. The summed E-state index contributed by atoms with van der Waals surface area (Å²) in [6.45, 7) is 5.96. The van der Waals surface area contributed by atoms with Crippen LogP contribution in [0.5, 0.6) is 0 Å². The second-order valence-corrected chi connectivity index (χ2v) is 4.41. The molecule has 4 heteroatoms. The number of aromatic nitrogens is 3. The van der Waals surface area contributed by atoms with Gasteiger partial charge in [0.15, 0.2) is 0 Å². The van der Waals surface area contributed by atoms with Crippen LogP contribution in [0.25, 0.3) is 11.0 Å². The lowest BCUT2D eigenvalue weighted by Crippen LogP contribution is -2.18. The van der Waals surface area contributed by atoms with Gasteiger partial charge in [-0.15, -0.1) is 0 Å². The first-order valence-electron chi connectivity index (χ1n) is 5.53. The van der Waals surface area contributed by atoms with Crippen LogP contribution in [0.15, 0.2) is 12.3 Å². The summed E-state index contributed by atoms with van der Waals surface area (Å²) in [5.74, 6) is 0.842. The normalized spacial score (nSPS) is 11.6. The zero-order chi connectivity index (χ0) is 11.7. The molecule has 0 aliphatic heterocycles. The number of fused-ring (bicyclic) bond motifs is 1. The van der Waals surface area contributed by atoms with E-state index in [9.17, 15) is 0 Å². The summed E-state index contributed by atoms with van der Waals surface area (Å²) in [6.07, 6.45) is 2.09. The van der Waals surface area contributed by atoms with Crippen LogP contribution in [0.4, 0.5) is 0 Å². The van der Waals surface area contributed by atoms with E-state index < -0.39 is 0 Å². The highest BCUT2D eigenvalue weighted by molar-refractivity contribution is 5.78. The molecule has 4 nitrogen and oxygen atoms in total. The quantitative estimate of drug-likeness (QED) is 0.785. The van der Waals surface area contributed by atoms with E-state index in [1.807, 2.05) is 13.8 Å². The lowest BCUT2D eigenvalue weighted by molar-refractivity contribution is 0.386. The van der Waals surface area contributed by atoms with Gasteiger partial charge in [-0.25, -0.2) is 9.97 Å². The molecule has 0 atom stereocenters. The van der Waals surface area contributed by atoms with Gasteiger partial charge in [-0.05, 0) is 34.0 Å². The molecular weight excluding hydrogens is 200 g/mol. The predicted molar refractivity (Wildman–Crippen MR) is 65.6 cm³/mol. The van der Waals surface area contributed by atoms with Crippen molar-refractivity contribution >= 4 is 11.0 Å². The van der Waals surface area contributed by atoms with Crippen molar-refractivity contribution in [3.63, 3.8) is 0 Å². The summed E-state index contributed by atoms with van der Waals surface area (Å²) < 4.78 is 2.19. The van der Waals surface area contributed by atoms with E-state index in [0.717, 1.165) is 35.6 Å². The Morgan fingerprint density at radius 3 is 2.69 bits per heavy atom. The maximum Gasteiger partial charge on any atom is 0.143 e. The Labute approximate surface area is 95.9 Å². The molecule has 0 fully saturated rings. The van der Waals surface area contributed by atoms with Crippen molar-refractivity contribution in [1.82, 2.24) is 19.4 Å². The lowest BCUT2D eigenvalue weighted by atomic mass is 10.3. The molecule has 0 aliphatic carbocycles. The number of aryl methyl sites for hydroxylation is 2. The van der Waals surface area contributed by atoms with Gasteiger partial charge in [-0.2, -0.15) is 0 Å². The molecule has 0 bridgehead atoms. The molecule has 2 aromatic heterocycles. The Balaban J connectivity index is 2.40. The molecule has 0 radical (unpaired) electrons. The predicted octanol–water partition coefficient (Wildman–Crippen LogP) is 1.61. The van der Waals surface area contributed by atoms with E-state index in [4.69, 9.17) is 0 Å². The molecule has 0 spiro atoms. The third-order valence-corrected chi connectivity index (χ3v) is 2.71. The van der Waals surface area contributed by atoms with Crippen LogP contribution < -0.4 is 0 Å². The summed E-state index contributed by atoms with van der Waals surface area (Å²) >= 11 is 0. The highest BCUT2D eigenvalue weighted by Gasteiger charge is 2.06. The minimum Gasteiger partial charge on any atom is -0.331 e. The second kappa shape index (κ2) is 4.22. The van der Waals surface area contributed by atoms with Crippen molar-refractivity contribution in [1.29, 1.82) is 0 Å². The first-order chi connectivity index (χ1) is 7.58. The van der Waals surface area contributed by atoms with Crippen molar-refractivity contribution < 1.29 is 0 Å². The van der Waals surface area contributed by atoms with Crippen LogP contribution in [0.3, 0.4) is 0 Å². The van der Waals surface area contributed by atoms with E-state index in [1.54, 1.807) is 0 Å². The van der Waals surface area contributed by atoms with E-state index in [-0.39, 0.29) is 0 Å². The first-order valence-corrected chi connectivity index (χ1v) is 5.53. The van der Waals surface area contributed by atoms with Crippen LogP contribution >= 0.6 is 0 Å². The van der Waals surface area contributed by atoms with Gasteiger partial charge < -0.3 is 9.47 Å². The average molecular weight is 218 g/mol. The number of hydrogen-bond donors (Lipinski definition) is 0. The molecule has 0 saturated carbocycles. The van der Waals surface area contributed by atoms with Gasteiger partial charge in [0.2, 0.25) is 0 Å². The fourth-order valence-electron chi connectivity index (χ4n) is 1.84. The molecule has 2 heterocycles. The highest BCUT2D eigenvalue weighted by atomic mass is 15.1. The number of rotatable bonds is 3. The van der Waals surface area contributed by atoms with E-state index in [2.05, 4.69) is 45.8 Å². The molecule has 16 heavy (non-hydrogen) atoms. The first kappa shape index (κ1) is 11.1. The van der Waals surface area contributed by atoms with Gasteiger partial charge in [0.1, 0.15) is 11.5 Å². The summed E-state index contributed by atoms with van der Waals surface area (Å²) in [6, 6.07) is 2.10. The largest absolute Gasteiger partial charge is 0.331 e. The van der Waals surface area contributed by atoms with Crippen LogP contribution in [-0.4, -0.2) is 40.1 Å². The summed E-state index contributed by atoms with van der Waals surface area (Å²) in [5.41, 5.74) is 2.11. The van der Waals surface area contributed by atoms with Crippen molar-refractivity contribution in [3.8, 4) is 0 Å². The molecule has 0 saturated heterocycles. The Bertz CT molecular complexity index is 499. The van der Waals surface area contributed by atoms with Crippen molar-refractivity contribution in [2.24, 2.45) is 0 Å². The molecule has 2 rings (SSSR count). The van der Waals surface area contributed by atoms with Crippen LogP contribution in [0.1, 0.15) is 11.5 Å². The lowest BCUT2D eigenvalue weighted by Gasteiger charge is -2.11. The molecule has 2 aromatic rings. The molecule has 0 aromatic carbocycles. The SMILES string of the molecule is Cc1nc(C)c2ccn(CCN(C)C)c2n1. The van der Waals surface area contributed by atoms with E-state index in [0.29, 0.717) is 0 Å². The van der Waals surface area contributed by atoms with E-state index >= 15 is 0 Å². The van der Waals surface area contributed by atoms with Gasteiger partial charge in [0, 0.05) is 24.7 Å². The van der Waals surface area contributed by atoms with Crippen LogP contribution in [0.2, 0.25) is 0 Å². The Kier molecular flexibility index (Phi) is 2.92. The number of hydrogen-bond acceptors (Lipinski definition) is 3. The molecule has 0 aliphatic rings. The Morgan fingerprint density at radius 2 is 2.00 bits per heavy atom. The second-order valence-electron chi connectivity index (χ2n) is 4.41. The zero-order valence-electron chi connectivity index (χ0n) is 10.4. The van der Waals surface area contributed by atoms with Crippen molar-refractivity contribution in [2.75, 3.05) is 20.6 Å². The van der Waals surface area contributed by atoms with Crippen LogP contribution in [-0.2, 0) is 6.54 Å². The van der Waals surface area contributed by atoms with Gasteiger partial charge in [-0.3, -0.25) is 0 Å². The molecule has 0 amide bonds. The summed E-state index contributed by atoms with van der Waals surface area (Å²) in [5, 5.41) is 1.16. The van der Waals surface area contributed by atoms with Crippen molar-refractivity contribution in [3.05, 3.63) is 23.8 Å². The van der Waals surface area contributed by atoms with Gasteiger partial charge in [0.05, 0.1) is 5.69 Å². The molecular formula is C12H18N4. The molecule has 0 N–H and O–H groups in total. The fraction of sp³-hybridized carbons (Fsp3) is 0.500. The molecule has 86 valence electrons. The Hall–Kier alpha value is -1.42. The maximum atomic E-state index is 4.51. The topological polar surface area (TPSA) is 34.0 Å². The summed E-state index contributed by atoms with van der Waals surface area (Å²) in [4.78, 5) is 11.1. The van der Waals surface area contributed by atoms with Crippen LogP contribution in [0, 0.1) is 13.8 Å². The Morgan fingerprint density at radius 1 is 1.25 bits per heavy atom. The molecule has 0 unspecified atom stereocenters. The van der Waals surface area contributed by atoms with Gasteiger partial charge in [0.25, 0.3) is 0 Å². The average Bonchev–Trinajstić information content (AvgIpc) is 2.58. The standard InChI is InChI=1S/C12H18N4/c1-9-11-5-6-16(8-7-15(3)4)12(11)14-10(2)13-9/h5-6H,7-8H2,1-4H3. The fourth-order valence-corrected chi connectivity index (χ4v) is 1.84. The zero-order valence-corrected chi connectivity index (χ0v) is 10.4.